The van der Waals surface area contributed by atoms with Gasteiger partial charge in [0.1, 0.15) is 0 Å². The first-order chi connectivity index (χ1) is 11.1. The first kappa shape index (κ1) is 15.7. The van der Waals surface area contributed by atoms with Crippen LogP contribution in [0.5, 0.6) is 0 Å². The number of fused-ring (bicyclic) bond motifs is 1. The Balaban J connectivity index is 1.82. The van der Waals surface area contributed by atoms with E-state index >= 15 is 0 Å². The van der Waals surface area contributed by atoms with E-state index in [0.717, 1.165) is 27.7 Å². The lowest BCUT2D eigenvalue weighted by molar-refractivity contribution is -0.121. The Morgan fingerprint density at radius 1 is 1.22 bits per heavy atom. The molecule has 0 saturated heterocycles. The standard InChI is InChI=1S/C19H20N2OS/c1-12-15-7-4-5-8-17(15)20-13(2)16(12)11-19(22)21-14(3)18-9-6-10-23-18/h4-10,14H,11H2,1-3H3,(H,21,22)/t14-/m1/s1. The van der Waals surface area contributed by atoms with Crippen LogP contribution in [0.25, 0.3) is 10.9 Å². The van der Waals surface area contributed by atoms with E-state index < -0.39 is 0 Å². The van der Waals surface area contributed by atoms with Crippen molar-refractivity contribution in [2.75, 3.05) is 0 Å². The Morgan fingerprint density at radius 2 is 2.00 bits per heavy atom. The number of carbonyl (C=O) groups is 1. The van der Waals surface area contributed by atoms with Gasteiger partial charge in [-0.15, -0.1) is 11.3 Å². The third kappa shape index (κ3) is 3.27. The molecule has 0 fully saturated rings. The second-order valence-corrected chi connectivity index (χ2v) is 6.78. The van der Waals surface area contributed by atoms with Crippen LogP contribution in [0.15, 0.2) is 41.8 Å². The smallest absolute Gasteiger partial charge is 0.224 e. The molecule has 118 valence electrons. The molecule has 3 aromatic rings. The largest absolute Gasteiger partial charge is 0.348 e. The number of hydrogen-bond donors (Lipinski definition) is 1. The van der Waals surface area contributed by atoms with E-state index in [1.165, 1.54) is 4.88 Å². The summed E-state index contributed by atoms with van der Waals surface area (Å²) in [5, 5.41) is 6.22. The predicted molar refractivity (Wildman–Crippen MR) is 95.8 cm³/mol. The van der Waals surface area contributed by atoms with Gasteiger partial charge in [0.25, 0.3) is 0 Å². The first-order valence-corrected chi connectivity index (χ1v) is 8.62. The minimum absolute atomic E-state index is 0.0363. The van der Waals surface area contributed by atoms with Gasteiger partial charge in [0.15, 0.2) is 0 Å². The van der Waals surface area contributed by atoms with Crippen LogP contribution in [-0.4, -0.2) is 10.9 Å². The molecule has 0 aliphatic rings. The lowest BCUT2D eigenvalue weighted by Crippen LogP contribution is -2.28. The molecule has 0 spiro atoms. The van der Waals surface area contributed by atoms with Crippen molar-refractivity contribution in [3.63, 3.8) is 0 Å². The Morgan fingerprint density at radius 3 is 2.74 bits per heavy atom. The van der Waals surface area contributed by atoms with E-state index in [4.69, 9.17) is 0 Å². The Bertz CT molecular complexity index is 840. The zero-order valence-electron chi connectivity index (χ0n) is 13.6. The number of hydrogen-bond acceptors (Lipinski definition) is 3. The van der Waals surface area contributed by atoms with Crippen molar-refractivity contribution in [3.8, 4) is 0 Å². The number of carbonyl (C=O) groups excluding carboxylic acids is 1. The quantitative estimate of drug-likeness (QED) is 0.776. The van der Waals surface area contributed by atoms with E-state index in [-0.39, 0.29) is 11.9 Å². The van der Waals surface area contributed by atoms with Gasteiger partial charge in [0.05, 0.1) is 18.0 Å². The molecule has 0 saturated carbocycles. The molecule has 1 N–H and O–H groups in total. The summed E-state index contributed by atoms with van der Waals surface area (Å²) in [6.07, 6.45) is 0.366. The van der Waals surface area contributed by atoms with E-state index in [1.807, 2.05) is 49.6 Å². The fourth-order valence-electron chi connectivity index (χ4n) is 2.89. The Kier molecular flexibility index (Phi) is 4.44. The number of aromatic nitrogens is 1. The maximum Gasteiger partial charge on any atom is 0.224 e. The van der Waals surface area contributed by atoms with Gasteiger partial charge >= 0.3 is 0 Å². The molecule has 1 aromatic carbocycles. The number of nitrogens with one attached hydrogen (secondary N) is 1. The maximum atomic E-state index is 12.4. The third-order valence-electron chi connectivity index (χ3n) is 4.17. The molecule has 0 aliphatic heterocycles. The first-order valence-electron chi connectivity index (χ1n) is 7.74. The molecule has 1 amide bonds. The zero-order chi connectivity index (χ0) is 16.4. The number of thiophene rings is 1. The summed E-state index contributed by atoms with van der Waals surface area (Å²) in [6.45, 7) is 6.06. The van der Waals surface area contributed by atoms with Crippen molar-refractivity contribution in [1.82, 2.24) is 10.3 Å². The van der Waals surface area contributed by atoms with E-state index in [9.17, 15) is 4.79 Å². The van der Waals surface area contributed by atoms with Gasteiger partial charge in [-0.1, -0.05) is 24.3 Å². The number of pyridine rings is 1. The van der Waals surface area contributed by atoms with Gasteiger partial charge in [-0.05, 0) is 49.4 Å². The normalized spacial score (nSPS) is 12.3. The molecule has 1 atom stereocenters. The fourth-order valence-corrected chi connectivity index (χ4v) is 3.63. The zero-order valence-corrected chi connectivity index (χ0v) is 14.4. The summed E-state index contributed by atoms with van der Waals surface area (Å²) in [5.41, 5.74) is 4.09. The van der Waals surface area contributed by atoms with Crippen molar-refractivity contribution in [2.24, 2.45) is 0 Å². The van der Waals surface area contributed by atoms with Crippen LogP contribution < -0.4 is 5.32 Å². The highest BCUT2D eigenvalue weighted by atomic mass is 32.1. The summed E-state index contributed by atoms with van der Waals surface area (Å²) >= 11 is 1.66. The molecule has 3 nitrogen and oxygen atoms in total. The highest BCUT2D eigenvalue weighted by molar-refractivity contribution is 7.10. The molecule has 0 bridgehead atoms. The molecule has 2 heterocycles. The summed E-state index contributed by atoms with van der Waals surface area (Å²) in [6, 6.07) is 12.2. The van der Waals surface area contributed by atoms with Gasteiger partial charge in [-0.25, -0.2) is 0 Å². The number of aryl methyl sites for hydroxylation is 2. The highest BCUT2D eigenvalue weighted by Gasteiger charge is 2.15. The monoisotopic (exact) mass is 324 g/mol. The van der Waals surface area contributed by atoms with Crippen LogP contribution in [0, 0.1) is 13.8 Å². The van der Waals surface area contributed by atoms with E-state index in [0.29, 0.717) is 6.42 Å². The van der Waals surface area contributed by atoms with E-state index in [1.54, 1.807) is 11.3 Å². The molecule has 0 radical (unpaired) electrons. The SMILES string of the molecule is Cc1nc2ccccc2c(C)c1CC(=O)N[C@H](C)c1cccs1. The predicted octanol–water partition coefficient (Wildman–Crippen LogP) is 4.33. The van der Waals surface area contributed by atoms with Crippen LogP contribution >= 0.6 is 11.3 Å². The number of benzene rings is 1. The topological polar surface area (TPSA) is 42.0 Å². The molecule has 23 heavy (non-hydrogen) atoms. The van der Waals surface area contributed by atoms with Crippen molar-refractivity contribution < 1.29 is 4.79 Å². The second kappa shape index (κ2) is 6.50. The minimum Gasteiger partial charge on any atom is -0.348 e. The molecule has 0 unspecified atom stereocenters. The molecule has 2 aromatic heterocycles. The maximum absolute atomic E-state index is 12.4. The molecule has 3 rings (SSSR count). The summed E-state index contributed by atoms with van der Waals surface area (Å²) in [4.78, 5) is 18.2. The van der Waals surface area contributed by atoms with Crippen LogP contribution in [0.3, 0.4) is 0 Å². The van der Waals surface area contributed by atoms with Crippen molar-refractivity contribution in [2.45, 2.75) is 33.2 Å². The van der Waals surface area contributed by atoms with Crippen molar-refractivity contribution >= 4 is 28.1 Å². The third-order valence-corrected chi connectivity index (χ3v) is 5.23. The summed E-state index contributed by atoms with van der Waals surface area (Å²) in [5.74, 6) is 0.0363. The molecular weight excluding hydrogens is 304 g/mol. The lowest BCUT2D eigenvalue weighted by Gasteiger charge is -2.15. The molecule has 0 aliphatic carbocycles. The van der Waals surface area contributed by atoms with Gasteiger partial charge in [0, 0.05) is 16.0 Å². The second-order valence-electron chi connectivity index (χ2n) is 5.80. The molecule has 4 heteroatoms. The Hall–Kier alpha value is -2.20. The van der Waals surface area contributed by atoms with Crippen LogP contribution in [0.1, 0.15) is 34.7 Å². The van der Waals surface area contributed by atoms with Gasteiger partial charge in [0.2, 0.25) is 5.91 Å². The molecular formula is C19H20N2OS. The van der Waals surface area contributed by atoms with Gasteiger partial charge < -0.3 is 5.32 Å². The van der Waals surface area contributed by atoms with Crippen molar-refractivity contribution in [1.29, 1.82) is 0 Å². The fraction of sp³-hybridized carbons (Fsp3) is 0.263. The van der Waals surface area contributed by atoms with Crippen LogP contribution in [0.2, 0.25) is 0 Å². The van der Waals surface area contributed by atoms with Gasteiger partial charge in [-0.3, -0.25) is 9.78 Å². The highest BCUT2D eigenvalue weighted by Crippen LogP contribution is 2.23. The lowest BCUT2D eigenvalue weighted by atomic mass is 9.99. The average Bonchev–Trinajstić information content (AvgIpc) is 3.06. The van der Waals surface area contributed by atoms with Crippen LogP contribution in [0.4, 0.5) is 0 Å². The summed E-state index contributed by atoms with van der Waals surface area (Å²) < 4.78 is 0. The number of nitrogens with zero attached hydrogens (tertiary/aromatic N) is 1. The minimum atomic E-state index is 0.0363. The number of amides is 1. The average molecular weight is 324 g/mol. The number of para-hydroxylation sites is 1. The van der Waals surface area contributed by atoms with Crippen molar-refractivity contribution in [3.05, 3.63) is 63.5 Å². The van der Waals surface area contributed by atoms with E-state index in [2.05, 4.69) is 23.3 Å². The number of rotatable bonds is 4. The Labute approximate surface area is 140 Å². The van der Waals surface area contributed by atoms with Gasteiger partial charge in [-0.2, -0.15) is 0 Å². The van der Waals surface area contributed by atoms with Crippen LogP contribution in [-0.2, 0) is 11.2 Å². The summed E-state index contributed by atoms with van der Waals surface area (Å²) in [7, 11) is 0.